The lowest BCUT2D eigenvalue weighted by Crippen LogP contribution is -2.22. The Morgan fingerprint density at radius 3 is 2.46 bits per heavy atom. The molecule has 5 nitrogen and oxygen atoms in total. The second-order valence-corrected chi connectivity index (χ2v) is 10.1. The summed E-state index contributed by atoms with van der Waals surface area (Å²) in [6, 6.07) is 17.4. The summed E-state index contributed by atoms with van der Waals surface area (Å²) >= 11 is 0. The number of anilines is 1. The van der Waals surface area contributed by atoms with E-state index >= 15 is 0 Å². The van der Waals surface area contributed by atoms with Crippen molar-refractivity contribution in [2.24, 2.45) is 5.92 Å². The van der Waals surface area contributed by atoms with Crippen LogP contribution in [0.1, 0.15) is 84.9 Å². The fourth-order valence-corrected chi connectivity index (χ4v) is 5.10. The first kappa shape index (κ1) is 28.5. The van der Waals surface area contributed by atoms with E-state index < -0.39 is 17.6 Å². The van der Waals surface area contributed by atoms with Crippen LogP contribution in [-0.4, -0.2) is 23.1 Å². The van der Waals surface area contributed by atoms with Gasteiger partial charge in [-0.2, -0.15) is 13.2 Å². The number of amides is 1. The third-order valence-corrected chi connectivity index (χ3v) is 7.41. The maximum absolute atomic E-state index is 13.9. The van der Waals surface area contributed by atoms with Gasteiger partial charge in [0.05, 0.1) is 23.8 Å². The molecule has 0 saturated heterocycles. The van der Waals surface area contributed by atoms with E-state index in [0.717, 1.165) is 37.4 Å². The van der Waals surface area contributed by atoms with Crippen molar-refractivity contribution in [1.29, 1.82) is 0 Å². The normalized spacial score (nSPS) is 17.5. The molecule has 1 N–H and O–H groups in total. The van der Waals surface area contributed by atoms with E-state index in [4.69, 9.17) is 4.74 Å². The Balaban J connectivity index is 1.56. The summed E-state index contributed by atoms with van der Waals surface area (Å²) < 4.78 is 48.6. The molecule has 0 radical (unpaired) electrons. The summed E-state index contributed by atoms with van der Waals surface area (Å²) in [6.07, 6.45) is -0.848. The number of aryl methyl sites for hydroxylation is 2. The van der Waals surface area contributed by atoms with E-state index in [1.54, 1.807) is 13.0 Å². The number of alkyl halides is 3. The van der Waals surface area contributed by atoms with Crippen molar-refractivity contribution in [3.05, 3.63) is 88.7 Å². The maximum atomic E-state index is 13.9. The van der Waals surface area contributed by atoms with Crippen molar-refractivity contribution in [3.8, 4) is 0 Å². The zero-order valence-electron chi connectivity index (χ0n) is 22.6. The largest absolute Gasteiger partial charge is 0.466 e. The number of carbonyl (C=O) groups excluding carboxylic acids is 2. The van der Waals surface area contributed by atoms with Crippen LogP contribution in [0.25, 0.3) is 0 Å². The van der Waals surface area contributed by atoms with Gasteiger partial charge in [-0.15, -0.1) is 0 Å². The first-order chi connectivity index (χ1) is 18.6. The summed E-state index contributed by atoms with van der Waals surface area (Å²) in [5, 5.41) is 2.54. The molecule has 1 unspecified atom stereocenters. The van der Waals surface area contributed by atoms with Gasteiger partial charge in [-0.05, 0) is 87.3 Å². The molecule has 1 aromatic heterocycles. The van der Waals surface area contributed by atoms with Crippen molar-refractivity contribution in [1.82, 2.24) is 4.57 Å². The molecule has 1 aliphatic carbocycles. The SMILES string of the molecule is CCOC(=O)[C@@H]1C[C@@H]1c1ccc(C(F)(F)F)c(NC(=O)c2ccc(CCCc3ccccc3)n2C(C)CC)c1. The molecule has 1 heterocycles. The number of nitrogens with one attached hydrogen (secondary N) is 1. The van der Waals surface area contributed by atoms with Crippen LogP contribution >= 0.6 is 0 Å². The quantitative estimate of drug-likeness (QED) is 0.255. The Morgan fingerprint density at radius 2 is 1.79 bits per heavy atom. The molecular formula is C31H35F3N2O3. The van der Waals surface area contributed by atoms with Gasteiger partial charge in [-0.3, -0.25) is 9.59 Å². The van der Waals surface area contributed by atoms with Gasteiger partial charge >= 0.3 is 12.1 Å². The minimum atomic E-state index is -4.65. The molecule has 0 aliphatic heterocycles. The third kappa shape index (κ3) is 6.72. The predicted molar refractivity (Wildman–Crippen MR) is 145 cm³/mol. The molecule has 208 valence electrons. The van der Waals surface area contributed by atoms with Crippen LogP contribution in [0.3, 0.4) is 0 Å². The van der Waals surface area contributed by atoms with E-state index in [1.807, 2.05) is 42.7 Å². The maximum Gasteiger partial charge on any atom is 0.418 e. The van der Waals surface area contributed by atoms with Gasteiger partial charge in [0, 0.05) is 11.7 Å². The van der Waals surface area contributed by atoms with E-state index in [0.29, 0.717) is 17.7 Å². The molecular weight excluding hydrogens is 505 g/mol. The third-order valence-electron chi connectivity index (χ3n) is 7.41. The van der Waals surface area contributed by atoms with Gasteiger partial charge in [-0.25, -0.2) is 0 Å². The monoisotopic (exact) mass is 540 g/mol. The first-order valence-corrected chi connectivity index (χ1v) is 13.6. The predicted octanol–water partition coefficient (Wildman–Crippen LogP) is 7.57. The summed E-state index contributed by atoms with van der Waals surface area (Å²) in [6.45, 7) is 5.98. The Labute approximate surface area is 227 Å². The Morgan fingerprint density at radius 1 is 1.05 bits per heavy atom. The first-order valence-electron chi connectivity index (χ1n) is 13.6. The van der Waals surface area contributed by atoms with Crippen molar-refractivity contribution < 1.29 is 27.5 Å². The van der Waals surface area contributed by atoms with E-state index in [1.165, 1.54) is 17.7 Å². The molecule has 2 aromatic carbocycles. The highest BCUT2D eigenvalue weighted by molar-refractivity contribution is 6.04. The van der Waals surface area contributed by atoms with Gasteiger partial charge in [0.25, 0.3) is 5.91 Å². The van der Waals surface area contributed by atoms with Crippen molar-refractivity contribution in [2.45, 2.75) is 71.0 Å². The molecule has 4 rings (SSSR count). The minimum absolute atomic E-state index is 0.00213. The molecule has 8 heteroatoms. The van der Waals surface area contributed by atoms with Crippen molar-refractivity contribution in [2.75, 3.05) is 11.9 Å². The smallest absolute Gasteiger partial charge is 0.418 e. The number of benzene rings is 2. The summed E-state index contributed by atoms with van der Waals surface area (Å²) in [5.74, 6) is -1.53. The number of hydrogen-bond donors (Lipinski definition) is 1. The standard InChI is InChI=1S/C31H35F3N2O3/c1-4-20(3)36-23(13-9-12-21-10-7-6-8-11-21)15-17-28(36)29(37)35-27-18-22(14-16-26(27)31(32,33)34)24-19-25(24)30(38)39-5-2/h6-8,10-11,14-18,20,24-25H,4-5,9,12-13,19H2,1-3H3,(H,35,37)/t20?,24-,25-/m1/s1. The highest BCUT2D eigenvalue weighted by atomic mass is 19.4. The fraction of sp³-hybridized carbons (Fsp3) is 0.419. The lowest BCUT2D eigenvalue weighted by atomic mass is 10.0. The Kier molecular flexibility index (Phi) is 8.83. The second-order valence-electron chi connectivity index (χ2n) is 10.1. The molecule has 39 heavy (non-hydrogen) atoms. The molecule has 0 bridgehead atoms. The van der Waals surface area contributed by atoms with E-state index in [-0.39, 0.29) is 36.1 Å². The van der Waals surface area contributed by atoms with E-state index in [9.17, 15) is 22.8 Å². The molecule has 1 fully saturated rings. The minimum Gasteiger partial charge on any atom is -0.466 e. The van der Waals surface area contributed by atoms with Gasteiger partial charge in [0.15, 0.2) is 0 Å². The van der Waals surface area contributed by atoms with Crippen LogP contribution < -0.4 is 5.32 Å². The number of halogens is 3. The molecule has 0 spiro atoms. The molecule has 1 amide bonds. The van der Waals surface area contributed by atoms with Crippen LogP contribution in [0.4, 0.5) is 18.9 Å². The fourth-order valence-electron chi connectivity index (χ4n) is 5.10. The van der Waals surface area contributed by atoms with Crippen molar-refractivity contribution >= 4 is 17.6 Å². The molecule has 3 aromatic rings. The summed E-state index contributed by atoms with van der Waals surface area (Å²) in [5.41, 5.74) is 1.89. The number of nitrogens with zero attached hydrogens (tertiary/aromatic N) is 1. The number of rotatable bonds is 11. The number of aromatic nitrogens is 1. The lowest BCUT2D eigenvalue weighted by molar-refractivity contribution is -0.144. The van der Waals surface area contributed by atoms with Gasteiger partial charge in [-0.1, -0.05) is 43.3 Å². The average Bonchev–Trinajstić information content (AvgIpc) is 3.61. The van der Waals surface area contributed by atoms with Crippen LogP contribution in [0, 0.1) is 5.92 Å². The average molecular weight is 541 g/mol. The number of esters is 1. The van der Waals surface area contributed by atoms with Gasteiger partial charge in [0.2, 0.25) is 0 Å². The van der Waals surface area contributed by atoms with Gasteiger partial charge in [0.1, 0.15) is 5.69 Å². The molecule has 1 saturated carbocycles. The zero-order chi connectivity index (χ0) is 28.2. The summed E-state index contributed by atoms with van der Waals surface area (Å²) in [4.78, 5) is 25.5. The topological polar surface area (TPSA) is 60.3 Å². The highest BCUT2D eigenvalue weighted by Crippen LogP contribution is 2.49. The second kappa shape index (κ2) is 12.1. The lowest BCUT2D eigenvalue weighted by Gasteiger charge is -2.20. The van der Waals surface area contributed by atoms with Gasteiger partial charge < -0.3 is 14.6 Å². The van der Waals surface area contributed by atoms with Crippen LogP contribution in [0.15, 0.2) is 60.7 Å². The number of carbonyl (C=O) groups is 2. The molecule has 3 atom stereocenters. The number of ether oxygens (including phenoxy) is 1. The van der Waals surface area contributed by atoms with Crippen LogP contribution in [0.5, 0.6) is 0 Å². The Hall–Kier alpha value is -3.55. The molecule has 1 aliphatic rings. The highest BCUT2D eigenvalue weighted by Gasteiger charge is 2.46. The Bertz CT molecular complexity index is 1300. The van der Waals surface area contributed by atoms with E-state index in [2.05, 4.69) is 17.4 Å². The van der Waals surface area contributed by atoms with Crippen LogP contribution in [0.2, 0.25) is 0 Å². The zero-order valence-corrected chi connectivity index (χ0v) is 22.6. The van der Waals surface area contributed by atoms with Crippen LogP contribution in [-0.2, 0) is 28.5 Å². The van der Waals surface area contributed by atoms with Crippen molar-refractivity contribution in [3.63, 3.8) is 0 Å². The number of hydrogen-bond acceptors (Lipinski definition) is 3. The summed E-state index contributed by atoms with van der Waals surface area (Å²) in [7, 11) is 0.